The Kier molecular flexibility index (Phi) is 6.83. The van der Waals surface area contributed by atoms with Gasteiger partial charge in [-0.3, -0.25) is 9.36 Å². The molecule has 0 aliphatic rings. The second kappa shape index (κ2) is 9.77. The van der Waals surface area contributed by atoms with Crippen molar-refractivity contribution in [3.8, 4) is 5.69 Å². The molecule has 0 aliphatic carbocycles. The molecule has 32 heavy (non-hydrogen) atoms. The summed E-state index contributed by atoms with van der Waals surface area (Å²) in [7, 11) is 1.89. The maximum absolute atomic E-state index is 12.9. The molecule has 2 aromatic heterocycles. The summed E-state index contributed by atoms with van der Waals surface area (Å²) in [5.74, 6) is 0.727. The van der Waals surface area contributed by atoms with Gasteiger partial charge in [0.2, 0.25) is 5.91 Å². The van der Waals surface area contributed by atoms with E-state index in [0.717, 1.165) is 22.6 Å². The van der Waals surface area contributed by atoms with Crippen LogP contribution in [0.2, 0.25) is 10.0 Å². The van der Waals surface area contributed by atoms with Crippen LogP contribution in [0, 0.1) is 6.92 Å². The van der Waals surface area contributed by atoms with Crippen molar-refractivity contribution in [1.82, 2.24) is 29.6 Å². The first-order valence-electron chi connectivity index (χ1n) is 9.74. The van der Waals surface area contributed by atoms with Gasteiger partial charge in [-0.25, -0.2) is 4.98 Å². The van der Waals surface area contributed by atoms with E-state index in [1.54, 1.807) is 29.2 Å². The minimum absolute atomic E-state index is 0.158. The third kappa shape index (κ3) is 4.98. The standard InChI is InChI=1S/C22H20Cl2N6OS/c1-14-3-8-17(11-18(14)24)30-13-26-28-22(30)32-12-19(31)27-20(21-25-9-10-29(21)2)15-4-6-16(23)7-5-15/h3-11,13,20H,12H2,1-2H3,(H,27,31). The van der Waals surface area contributed by atoms with Gasteiger partial charge < -0.3 is 9.88 Å². The Hall–Kier alpha value is -2.81. The molecule has 0 saturated carbocycles. The van der Waals surface area contributed by atoms with Crippen molar-refractivity contribution < 1.29 is 4.79 Å². The third-order valence-corrected chi connectivity index (χ3v) is 6.51. The van der Waals surface area contributed by atoms with Gasteiger partial charge in [0.25, 0.3) is 0 Å². The molecule has 2 aromatic carbocycles. The van der Waals surface area contributed by atoms with E-state index in [4.69, 9.17) is 23.2 Å². The number of rotatable bonds is 7. The summed E-state index contributed by atoms with van der Waals surface area (Å²) < 4.78 is 3.68. The van der Waals surface area contributed by atoms with E-state index in [1.165, 1.54) is 11.8 Å². The zero-order valence-corrected chi connectivity index (χ0v) is 19.7. The molecule has 1 atom stereocenters. The van der Waals surface area contributed by atoms with E-state index in [2.05, 4.69) is 20.5 Å². The van der Waals surface area contributed by atoms with Gasteiger partial charge in [0.15, 0.2) is 5.16 Å². The highest BCUT2D eigenvalue weighted by atomic mass is 35.5. The Morgan fingerprint density at radius 3 is 2.66 bits per heavy atom. The van der Waals surface area contributed by atoms with E-state index >= 15 is 0 Å². The molecular weight excluding hydrogens is 467 g/mol. The molecule has 0 spiro atoms. The molecule has 4 aromatic rings. The number of halogens is 2. The Morgan fingerprint density at radius 1 is 1.19 bits per heavy atom. The lowest BCUT2D eigenvalue weighted by Crippen LogP contribution is -2.32. The minimum atomic E-state index is -0.408. The predicted molar refractivity (Wildman–Crippen MR) is 126 cm³/mol. The smallest absolute Gasteiger partial charge is 0.231 e. The maximum atomic E-state index is 12.9. The minimum Gasteiger partial charge on any atom is -0.341 e. The second-order valence-corrected chi connectivity index (χ2v) is 8.94. The summed E-state index contributed by atoms with van der Waals surface area (Å²) in [6.45, 7) is 1.94. The number of imidazole rings is 1. The molecule has 4 rings (SSSR count). The highest BCUT2D eigenvalue weighted by molar-refractivity contribution is 7.99. The van der Waals surface area contributed by atoms with Crippen molar-refractivity contribution in [1.29, 1.82) is 0 Å². The molecular formula is C22H20Cl2N6OS. The van der Waals surface area contributed by atoms with E-state index in [-0.39, 0.29) is 11.7 Å². The van der Waals surface area contributed by atoms with Gasteiger partial charge in [0, 0.05) is 29.5 Å². The zero-order chi connectivity index (χ0) is 22.7. The monoisotopic (exact) mass is 486 g/mol. The van der Waals surface area contributed by atoms with Crippen LogP contribution in [0.1, 0.15) is 23.0 Å². The SMILES string of the molecule is Cc1ccc(-n2cnnc2SCC(=O)NC(c2ccc(Cl)cc2)c2nccn2C)cc1Cl. The number of carbonyl (C=O) groups excluding carboxylic acids is 1. The highest BCUT2D eigenvalue weighted by Gasteiger charge is 2.21. The lowest BCUT2D eigenvalue weighted by Gasteiger charge is -2.19. The molecule has 10 heteroatoms. The Balaban J connectivity index is 1.49. The zero-order valence-electron chi connectivity index (χ0n) is 17.4. The quantitative estimate of drug-likeness (QED) is 0.385. The molecule has 0 saturated heterocycles. The number of thioether (sulfide) groups is 1. The summed E-state index contributed by atoms with van der Waals surface area (Å²) in [4.78, 5) is 17.3. The molecule has 164 valence electrons. The number of nitrogens with one attached hydrogen (secondary N) is 1. The van der Waals surface area contributed by atoms with Gasteiger partial charge in [-0.2, -0.15) is 0 Å². The number of aryl methyl sites for hydroxylation is 2. The number of benzene rings is 2. The van der Waals surface area contributed by atoms with Crippen LogP contribution in [-0.2, 0) is 11.8 Å². The average molecular weight is 487 g/mol. The molecule has 1 amide bonds. The van der Waals surface area contributed by atoms with Gasteiger partial charge in [-0.05, 0) is 42.3 Å². The summed E-state index contributed by atoms with van der Waals surface area (Å²) in [5.41, 5.74) is 2.71. The van der Waals surface area contributed by atoms with Crippen molar-refractivity contribution >= 4 is 40.9 Å². The third-order valence-electron chi connectivity index (χ3n) is 4.91. The fraction of sp³-hybridized carbons (Fsp3) is 0.182. The molecule has 2 heterocycles. The molecule has 0 fully saturated rings. The molecule has 7 nitrogen and oxygen atoms in total. The van der Waals surface area contributed by atoms with Crippen LogP contribution in [0.3, 0.4) is 0 Å². The largest absolute Gasteiger partial charge is 0.341 e. The molecule has 0 radical (unpaired) electrons. The van der Waals surface area contributed by atoms with E-state index in [1.807, 2.05) is 55.1 Å². The Morgan fingerprint density at radius 2 is 1.97 bits per heavy atom. The highest BCUT2D eigenvalue weighted by Crippen LogP contribution is 2.25. The fourth-order valence-corrected chi connectivity index (χ4v) is 4.21. The van der Waals surface area contributed by atoms with E-state index < -0.39 is 6.04 Å². The number of amides is 1. The number of hydrogen-bond donors (Lipinski definition) is 1. The molecule has 0 bridgehead atoms. The van der Waals surface area contributed by atoms with Crippen molar-refractivity contribution in [2.45, 2.75) is 18.1 Å². The van der Waals surface area contributed by atoms with Gasteiger partial charge in [-0.15, -0.1) is 10.2 Å². The van der Waals surface area contributed by atoms with E-state index in [9.17, 15) is 4.79 Å². The number of nitrogens with zero attached hydrogens (tertiary/aromatic N) is 5. The summed E-state index contributed by atoms with van der Waals surface area (Å²) in [6.07, 6.45) is 5.15. The molecule has 0 aliphatic heterocycles. The Bertz CT molecular complexity index is 1240. The first-order valence-corrected chi connectivity index (χ1v) is 11.5. The molecule has 1 N–H and O–H groups in total. The van der Waals surface area contributed by atoms with Crippen LogP contribution in [-0.4, -0.2) is 36.0 Å². The maximum Gasteiger partial charge on any atom is 0.231 e. The van der Waals surface area contributed by atoms with Gasteiger partial charge >= 0.3 is 0 Å². The van der Waals surface area contributed by atoms with Gasteiger partial charge in [-0.1, -0.05) is 53.2 Å². The van der Waals surface area contributed by atoms with Crippen LogP contribution in [0.15, 0.2) is 66.3 Å². The van der Waals surface area contributed by atoms with Crippen molar-refractivity contribution in [2.24, 2.45) is 7.05 Å². The number of hydrogen-bond acceptors (Lipinski definition) is 5. The van der Waals surface area contributed by atoms with Crippen LogP contribution in [0.25, 0.3) is 5.69 Å². The number of carbonyl (C=O) groups is 1. The second-order valence-electron chi connectivity index (χ2n) is 7.15. The van der Waals surface area contributed by atoms with Crippen LogP contribution >= 0.6 is 35.0 Å². The van der Waals surface area contributed by atoms with Crippen molar-refractivity contribution in [2.75, 3.05) is 5.75 Å². The first-order chi connectivity index (χ1) is 15.4. The van der Waals surface area contributed by atoms with Gasteiger partial charge in [0.1, 0.15) is 18.2 Å². The number of aromatic nitrogens is 5. The van der Waals surface area contributed by atoms with Crippen LogP contribution in [0.5, 0.6) is 0 Å². The van der Waals surface area contributed by atoms with Crippen LogP contribution < -0.4 is 5.32 Å². The van der Waals surface area contributed by atoms with E-state index in [0.29, 0.717) is 15.2 Å². The van der Waals surface area contributed by atoms with Gasteiger partial charge in [0.05, 0.1) is 11.4 Å². The summed E-state index contributed by atoms with van der Waals surface area (Å²) in [6, 6.07) is 12.7. The first kappa shape index (κ1) is 22.4. The molecule has 1 unspecified atom stereocenters. The van der Waals surface area contributed by atoms with Crippen LogP contribution in [0.4, 0.5) is 0 Å². The lowest BCUT2D eigenvalue weighted by atomic mass is 10.1. The normalized spacial score (nSPS) is 12.0. The van der Waals surface area contributed by atoms with Crippen molar-refractivity contribution in [3.63, 3.8) is 0 Å². The predicted octanol–water partition coefficient (Wildman–Crippen LogP) is 4.61. The fourth-order valence-electron chi connectivity index (χ4n) is 3.17. The summed E-state index contributed by atoms with van der Waals surface area (Å²) >= 11 is 13.6. The van der Waals surface area contributed by atoms with Crippen molar-refractivity contribution in [3.05, 3.63) is 88.2 Å². The topological polar surface area (TPSA) is 77.6 Å². The Labute approximate surface area is 199 Å². The average Bonchev–Trinajstić information content (AvgIpc) is 3.42. The lowest BCUT2D eigenvalue weighted by molar-refractivity contribution is -0.119. The summed E-state index contributed by atoms with van der Waals surface area (Å²) in [5, 5.41) is 13.1.